The molecule has 2 aromatic rings. The number of rotatable bonds is 9. The van der Waals surface area contributed by atoms with Crippen LogP contribution in [0.25, 0.3) is 0 Å². The minimum atomic E-state index is 0.670. The number of hydrogen-bond acceptors (Lipinski definition) is 4. The maximum Gasteiger partial charge on any atom is 0.191 e. The summed E-state index contributed by atoms with van der Waals surface area (Å²) in [5.41, 5.74) is 2.63. The zero-order chi connectivity index (χ0) is 18.8. The number of nitrogens with one attached hydrogen (secondary N) is 2. The summed E-state index contributed by atoms with van der Waals surface area (Å²) in [4.78, 5) is 12.8. The van der Waals surface area contributed by atoms with Gasteiger partial charge in [0.1, 0.15) is 5.01 Å². The van der Waals surface area contributed by atoms with Gasteiger partial charge in [-0.2, -0.15) is 0 Å². The van der Waals surface area contributed by atoms with Gasteiger partial charge in [-0.25, -0.2) is 9.98 Å². The molecule has 0 fully saturated rings. The molecule has 0 saturated heterocycles. The Morgan fingerprint density at radius 3 is 2.46 bits per heavy atom. The number of guanidine groups is 1. The fourth-order valence-corrected chi connectivity index (χ4v) is 3.43. The van der Waals surface area contributed by atoms with Crippen molar-refractivity contribution in [1.82, 2.24) is 20.5 Å². The quantitative estimate of drug-likeness (QED) is 0.521. The van der Waals surface area contributed by atoms with Crippen molar-refractivity contribution in [3.63, 3.8) is 0 Å². The molecule has 0 saturated carbocycles. The Hall–Kier alpha value is -1.92. The van der Waals surface area contributed by atoms with Crippen molar-refractivity contribution in [2.45, 2.75) is 47.3 Å². The fraction of sp³-hybridized carbons (Fsp3) is 0.500. The molecule has 0 aliphatic heterocycles. The van der Waals surface area contributed by atoms with Gasteiger partial charge in [-0.3, -0.25) is 4.90 Å². The lowest BCUT2D eigenvalue weighted by Gasteiger charge is -2.20. The van der Waals surface area contributed by atoms with Gasteiger partial charge in [0.2, 0.25) is 0 Å². The smallest absolute Gasteiger partial charge is 0.191 e. The fourth-order valence-electron chi connectivity index (χ4n) is 2.70. The Morgan fingerprint density at radius 2 is 1.85 bits per heavy atom. The van der Waals surface area contributed by atoms with Gasteiger partial charge >= 0.3 is 0 Å². The summed E-state index contributed by atoms with van der Waals surface area (Å²) < 4.78 is 0. The zero-order valence-corrected chi connectivity index (χ0v) is 17.2. The minimum Gasteiger partial charge on any atom is -0.357 e. The predicted molar refractivity (Wildman–Crippen MR) is 112 cm³/mol. The van der Waals surface area contributed by atoms with E-state index in [1.165, 1.54) is 16.0 Å². The lowest BCUT2D eigenvalue weighted by molar-refractivity contribution is 0.295. The third kappa shape index (κ3) is 6.42. The lowest BCUT2D eigenvalue weighted by Crippen LogP contribution is -2.36. The number of benzene rings is 1. The first-order valence-electron chi connectivity index (χ1n) is 9.38. The second-order valence-electron chi connectivity index (χ2n) is 6.14. The molecular formula is C20H31N5S. The van der Waals surface area contributed by atoms with E-state index in [1.807, 2.05) is 6.20 Å². The Kier molecular flexibility index (Phi) is 8.58. The van der Waals surface area contributed by atoms with Crippen LogP contribution in [-0.2, 0) is 19.6 Å². The molecule has 0 unspecified atom stereocenters. The summed E-state index contributed by atoms with van der Waals surface area (Å²) in [6.45, 7) is 13.9. The van der Waals surface area contributed by atoms with Crippen molar-refractivity contribution in [3.05, 3.63) is 51.5 Å². The number of nitrogens with zero attached hydrogens (tertiary/aromatic N) is 3. The molecule has 5 nitrogen and oxygen atoms in total. The van der Waals surface area contributed by atoms with Gasteiger partial charge in [-0.15, -0.1) is 11.3 Å². The van der Waals surface area contributed by atoms with E-state index in [4.69, 9.17) is 4.99 Å². The molecule has 0 aliphatic carbocycles. The molecule has 0 bridgehead atoms. The van der Waals surface area contributed by atoms with E-state index in [0.29, 0.717) is 13.1 Å². The molecule has 6 heteroatoms. The molecule has 1 aromatic heterocycles. The van der Waals surface area contributed by atoms with E-state index < -0.39 is 0 Å². The number of thiazole rings is 1. The summed E-state index contributed by atoms with van der Waals surface area (Å²) in [5, 5.41) is 7.78. The predicted octanol–water partition coefficient (Wildman–Crippen LogP) is 3.55. The standard InChI is InChI=1S/C20H31N5S/c1-5-21-20(24-14-19-22-12-16(4)26-19)23-13-17-10-8-9-11-18(17)15-25(6-2)7-3/h8-12H,5-7,13-15H2,1-4H3,(H2,21,23,24). The highest BCUT2D eigenvalue weighted by Crippen LogP contribution is 2.13. The van der Waals surface area contributed by atoms with E-state index in [0.717, 1.165) is 37.1 Å². The molecule has 0 radical (unpaired) electrons. The average molecular weight is 374 g/mol. The zero-order valence-electron chi connectivity index (χ0n) is 16.4. The number of aryl methyl sites for hydroxylation is 1. The summed E-state index contributed by atoms with van der Waals surface area (Å²) in [6, 6.07) is 8.59. The van der Waals surface area contributed by atoms with Crippen LogP contribution < -0.4 is 10.6 Å². The van der Waals surface area contributed by atoms with Crippen molar-refractivity contribution >= 4 is 17.3 Å². The van der Waals surface area contributed by atoms with Crippen LogP contribution in [0.2, 0.25) is 0 Å². The summed E-state index contributed by atoms with van der Waals surface area (Å²) >= 11 is 1.71. The Balaban J connectivity index is 2.03. The van der Waals surface area contributed by atoms with E-state index >= 15 is 0 Å². The summed E-state index contributed by atoms with van der Waals surface area (Å²) in [6.07, 6.45) is 1.91. The van der Waals surface area contributed by atoms with E-state index in [1.54, 1.807) is 11.3 Å². The van der Waals surface area contributed by atoms with Gasteiger partial charge in [-0.1, -0.05) is 38.1 Å². The third-order valence-electron chi connectivity index (χ3n) is 4.23. The largest absolute Gasteiger partial charge is 0.357 e. The van der Waals surface area contributed by atoms with Gasteiger partial charge in [0.25, 0.3) is 0 Å². The van der Waals surface area contributed by atoms with Gasteiger partial charge < -0.3 is 10.6 Å². The van der Waals surface area contributed by atoms with Crippen LogP contribution in [0.1, 0.15) is 41.8 Å². The first kappa shape index (κ1) is 20.4. The molecule has 1 aromatic carbocycles. The van der Waals surface area contributed by atoms with Crippen LogP contribution in [0, 0.1) is 6.92 Å². The molecule has 0 atom stereocenters. The molecule has 2 N–H and O–H groups in total. The molecule has 1 heterocycles. The first-order chi connectivity index (χ1) is 12.7. The van der Waals surface area contributed by atoms with E-state index in [2.05, 4.69) is 72.5 Å². The molecular weight excluding hydrogens is 342 g/mol. The molecule has 142 valence electrons. The van der Waals surface area contributed by atoms with Crippen LogP contribution in [-0.4, -0.2) is 35.5 Å². The highest BCUT2D eigenvalue weighted by molar-refractivity contribution is 7.11. The third-order valence-corrected chi connectivity index (χ3v) is 5.15. The monoisotopic (exact) mass is 373 g/mol. The highest BCUT2D eigenvalue weighted by Gasteiger charge is 2.07. The molecule has 0 aliphatic rings. The Bertz CT molecular complexity index is 691. The van der Waals surface area contributed by atoms with Gasteiger partial charge in [0.05, 0.1) is 13.1 Å². The number of hydrogen-bond donors (Lipinski definition) is 2. The SMILES string of the molecule is CCNC(=NCc1ccccc1CN(CC)CC)NCc1ncc(C)s1. The van der Waals surface area contributed by atoms with Crippen molar-refractivity contribution < 1.29 is 0 Å². The Morgan fingerprint density at radius 1 is 1.12 bits per heavy atom. The van der Waals surface area contributed by atoms with Crippen LogP contribution in [0.15, 0.2) is 35.5 Å². The summed E-state index contributed by atoms with van der Waals surface area (Å²) in [5.74, 6) is 0.831. The Labute approximate surface area is 161 Å². The molecule has 0 spiro atoms. The maximum atomic E-state index is 4.78. The highest BCUT2D eigenvalue weighted by atomic mass is 32.1. The second-order valence-corrected chi connectivity index (χ2v) is 7.46. The first-order valence-corrected chi connectivity index (χ1v) is 10.2. The average Bonchev–Trinajstić information content (AvgIpc) is 3.08. The minimum absolute atomic E-state index is 0.670. The van der Waals surface area contributed by atoms with Crippen molar-refractivity contribution in [3.8, 4) is 0 Å². The van der Waals surface area contributed by atoms with Crippen molar-refractivity contribution in [2.75, 3.05) is 19.6 Å². The lowest BCUT2D eigenvalue weighted by atomic mass is 10.1. The van der Waals surface area contributed by atoms with Crippen LogP contribution >= 0.6 is 11.3 Å². The van der Waals surface area contributed by atoms with Crippen LogP contribution in [0.3, 0.4) is 0 Å². The molecule has 0 amide bonds. The van der Waals surface area contributed by atoms with E-state index in [-0.39, 0.29) is 0 Å². The van der Waals surface area contributed by atoms with Crippen LogP contribution in [0.5, 0.6) is 0 Å². The van der Waals surface area contributed by atoms with Gasteiger partial charge in [0, 0.05) is 24.2 Å². The second kappa shape index (κ2) is 10.9. The maximum absolute atomic E-state index is 4.78. The van der Waals surface area contributed by atoms with E-state index in [9.17, 15) is 0 Å². The van der Waals surface area contributed by atoms with Crippen molar-refractivity contribution in [1.29, 1.82) is 0 Å². The summed E-state index contributed by atoms with van der Waals surface area (Å²) in [7, 11) is 0. The van der Waals surface area contributed by atoms with Gasteiger partial charge in [-0.05, 0) is 38.1 Å². The normalized spacial score (nSPS) is 11.8. The number of aliphatic imine (C=N–C) groups is 1. The van der Waals surface area contributed by atoms with Crippen LogP contribution in [0.4, 0.5) is 0 Å². The van der Waals surface area contributed by atoms with Gasteiger partial charge in [0.15, 0.2) is 5.96 Å². The number of aromatic nitrogens is 1. The topological polar surface area (TPSA) is 52.6 Å². The molecule has 2 rings (SSSR count). The van der Waals surface area contributed by atoms with Crippen molar-refractivity contribution in [2.24, 2.45) is 4.99 Å². The molecule has 26 heavy (non-hydrogen) atoms.